The lowest BCUT2D eigenvalue weighted by atomic mass is 10.1. The normalized spacial score (nSPS) is 10.6. The van der Waals surface area contributed by atoms with E-state index in [0.29, 0.717) is 22.7 Å². The van der Waals surface area contributed by atoms with Crippen LogP contribution in [0.4, 0.5) is 10.5 Å². The molecule has 31 heavy (non-hydrogen) atoms. The number of aromatic nitrogens is 1. The molecule has 0 saturated carbocycles. The topological polar surface area (TPSA) is 103 Å². The lowest BCUT2D eigenvalue weighted by Gasteiger charge is -2.11. The molecule has 7 nitrogen and oxygen atoms in total. The molecule has 0 bridgehead atoms. The molecule has 3 aromatic carbocycles. The van der Waals surface area contributed by atoms with Crippen LogP contribution in [0.1, 0.15) is 0 Å². The van der Waals surface area contributed by atoms with Crippen LogP contribution in [-0.4, -0.2) is 29.3 Å². The standard InChI is InChI=1S/C24H21N3O4/c28-13-12-25-24(30)26-18-10-8-16(9-11-18)17-4-3-5-19(14-17)31-22-15-23(29)27-21-7-2-1-6-20(21)22/h1-11,14-15,28H,12-13H2,(H,27,29)(H2,25,26,30). The number of benzene rings is 3. The number of amides is 2. The number of urea groups is 1. The highest BCUT2D eigenvalue weighted by molar-refractivity contribution is 5.89. The molecular weight excluding hydrogens is 394 g/mol. The zero-order valence-corrected chi connectivity index (χ0v) is 16.6. The maximum atomic E-state index is 12.0. The predicted molar refractivity (Wildman–Crippen MR) is 121 cm³/mol. The number of ether oxygens (including phenoxy) is 1. The average molecular weight is 415 g/mol. The number of para-hydroxylation sites is 1. The van der Waals surface area contributed by atoms with Gasteiger partial charge in [0.15, 0.2) is 0 Å². The monoisotopic (exact) mass is 415 g/mol. The van der Waals surface area contributed by atoms with Crippen molar-refractivity contribution in [3.05, 3.63) is 89.2 Å². The van der Waals surface area contributed by atoms with Crippen molar-refractivity contribution in [2.24, 2.45) is 0 Å². The van der Waals surface area contributed by atoms with Crippen LogP contribution in [0, 0.1) is 0 Å². The zero-order chi connectivity index (χ0) is 21.6. The van der Waals surface area contributed by atoms with Gasteiger partial charge < -0.3 is 25.5 Å². The van der Waals surface area contributed by atoms with Gasteiger partial charge in [-0.15, -0.1) is 0 Å². The number of aromatic amines is 1. The van der Waals surface area contributed by atoms with Crippen molar-refractivity contribution >= 4 is 22.6 Å². The van der Waals surface area contributed by atoms with Crippen molar-refractivity contribution in [1.82, 2.24) is 10.3 Å². The van der Waals surface area contributed by atoms with Gasteiger partial charge in [-0.2, -0.15) is 0 Å². The Kier molecular flexibility index (Phi) is 5.96. The first kappa shape index (κ1) is 20.2. The Hall–Kier alpha value is -4.10. The van der Waals surface area contributed by atoms with Crippen LogP contribution in [0.3, 0.4) is 0 Å². The molecule has 0 spiro atoms. The first-order chi connectivity index (χ1) is 15.1. The van der Waals surface area contributed by atoms with E-state index in [4.69, 9.17) is 9.84 Å². The zero-order valence-electron chi connectivity index (χ0n) is 16.6. The van der Waals surface area contributed by atoms with E-state index in [1.165, 1.54) is 6.07 Å². The Morgan fingerprint density at radius 2 is 1.74 bits per heavy atom. The summed E-state index contributed by atoms with van der Waals surface area (Å²) in [5.41, 5.74) is 3.01. The second-order valence-corrected chi connectivity index (χ2v) is 6.86. The minimum atomic E-state index is -0.373. The minimum absolute atomic E-state index is 0.113. The van der Waals surface area contributed by atoms with Crippen molar-refractivity contribution in [2.75, 3.05) is 18.5 Å². The highest BCUT2D eigenvalue weighted by Crippen LogP contribution is 2.30. The number of aliphatic hydroxyl groups is 1. The van der Waals surface area contributed by atoms with Gasteiger partial charge in [0.2, 0.25) is 0 Å². The summed E-state index contributed by atoms with van der Waals surface area (Å²) in [6.07, 6.45) is 0. The van der Waals surface area contributed by atoms with Crippen LogP contribution in [-0.2, 0) is 0 Å². The van der Waals surface area contributed by atoms with Gasteiger partial charge in [-0.05, 0) is 47.5 Å². The van der Waals surface area contributed by atoms with Crippen molar-refractivity contribution < 1.29 is 14.6 Å². The third-order valence-electron chi connectivity index (χ3n) is 4.65. The molecule has 0 unspecified atom stereocenters. The summed E-state index contributed by atoms with van der Waals surface area (Å²) in [7, 11) is 0. The maximum absolute atomic E-state index is 12.0. The van der Waals surface area contributed by atoms with E-state index < -0.39 is 0 Å². The van der Waals surface area contributed by atoms with E-state index >= 15 is 0 Å². The van der Waals surface area contributed by atoms with E-state index in [0.717, 1.165) is 16.5 Å². The maximum Gasteiger partial charge on any atom is 0.319 e. The Labute approximate surface area is 178 Å². The second-order valence-electron chi connectivity index (χ2n) is 6.86. The molecule has 156 valence electrons. The van der Waals surface area contributed by atoms with Crippen molar-refractivity contribution in [3.63, 3.8) is 0 Å². The highest BCUT2D eigenvalue weighted by Gasteiger charge is 2.07. The molecule has 7 heteroatoms. The van der Waals surface area contributed by atoms with E-state index in [1.807, 2.05) is 60.7 Å². The molecule has 4 aromatic rings. The second kappa shape index (κ2) is 9.15. The SMILES string of the molecule is O=C(NCCO)Nc1ccc(-c2cccc(Oc3cc(=O)[nH]c4ccccc34)c2)cc1. The van der Waals surface area contributed by atoms with Crippen molar-refractivity contribution in [1.29, 1.82) is 0 Å². The molecule has 0 fully saturated rings. The number of fused-ring (bicyclic) bond motifs is 1. The van der Waals surface area contributed by atoms with Gasteiger partial charge >= 0.3 is 6.03 Å². The smallest absolute Gasteiger partial charge is 0.319 e. The van der Waals surface area contributed by atoms with Gasteiger partial charge in [0.1, 0.15) is 11.5 Å². The van der Waals surface area contributed by atoms with Gasteiger partial charge in [-0.1, -0.05) is 36.4 Å². The Balaban J connectivity index is 1.54. The van der Waals surface area contributed by atoms with E-state index in [1.54, 1.807) is 12.1 Å². The molecule has 4 rings (SSSR count). The van der Waals surface area contributed by atoms with Gasteiger partial charge in [-0.3, -0.25) is 4.79 Å². The number of pyridine rings is 1. The van der Waals surface area contributed by atoms with Crippen molar-refractivity contribution in [2.45, 2.75) is 0 Å². The molecule has 0 saturated heterocycles. The average Bonchev–Trinajstić information content (AvgIpc) is 2.78. The molecule has 0 aliphatic rings. The number of rotatable bonds is 6. The fourth-order valence-electron chi connectivity index (χ4n) is 3.21. The first-order valence-corrected chi connectivity index (χ1v) is 9.78. The van der Waals surface area contributed by atoms with Crippen LogP contribution >= 0.6 is 0 Å². The third kappa shape index (κ3) is 4.91. The summed E-state index contributed by atoms with van der Waals surface area (Å²) >= 11 is 0. The summed E-state index contributed by atoms with van der Waals surface area (Å²) in [5.74, 6) is 1.10. The minimum Gasteiger partial charge on any atom is -0.456 e. The van der Waals surface area contributed by atoms with Crippen LogP contribution < -0.4 is 20.9 Å². The molecule has 0 radical (unpaired) electrons. The Morgan fingerprint density at radius 3 is 2.55 bits per heavy atom. The quantitative estimate of drug-likeness (QED) is 0.381. The van der Waals surface area contributed by atoms with E-state index in [9.17, 15) is 9.59 Å². The molecule has 0 aliphatic carbocycles. The highest BCUT2D eigenvalue weighted by atomic mass is 16.5. The number of carbonyl (C=O) groups excluding carboxylic acids is 1. The Morgan fingerprint density at radius 1 is 0.935 bits per heavy atom. The van der Waals surface area contributed by atoms with Gasteiger partial charge in [-0.25, -0.2) is 4.79 Å². The van der Waals surface area contributed by atoms with Gasteiger partial charge in [0, 0.05) is 23.7 Å². The van der Waals surface area contributed by atoms with Crippen molar-refractivity contribution in [3.8, 4) is 22.6 Å². The van der Waals surface area contributed by atoms with Crippen LogP contribution in [0.5, 0.6) is 11.5 Å². The number of anilines is 1. The largest absolute Gasteiger partial charge is 0.456 e. The summed E-state index contributed by atoms with van der Waals surface area (Å²) < 4.78 is 6.04. The van der Waals surface area contributed by atoms with Crippen LogP contribution in [0.25, 0.3) is 22.0 Å². The number of hydrogen-bond acceptors (Lipinski definition) is 4. The predicted octanol–water partition coefficient (Wildman–Crippen LogP) is 4.10. The number of hydrogen-bond donors (Lipinski definition) is 4. The lowest BCUT2D eigenvalue weighted by molar-refractivity contribution is 0.245. The molecular formula is C24H21N3O4. The summed E-state index contributed by atoms with van der Waals surface area (Å²) in [6.45, 7) is 0.0806. The molecule has 2 amide bonds. The number of H-pyrrole nitrogens is 1. The summed E-state index contributed by atoms with van der Waals surface area (Å²) in [6, 6.07) is 23.5. The van der Waals surface area contributed by atoms with E-state index in [-0.39, 0.29) is 24.7 Å². The van der Waals surface area contributed by atoms with Gasteiger partial charge in [0.25, 0.3) is 5.56 Å². The van der Waals surface area contributed by atoms with Crippen LogP contribution in [0.15, 0.2) is 83.7 Å². The number of nitrogens with one attached hydrogen (secondary N) is 3. The first-order valence-electron chi connectivity index (χ1n) is 9.78. The fourth-order valence-corrected chi connectivity index (χ4v) is 3.21. The molecule has 1 heterocycles. The third-order valence-corrected chi connectivity index (χ3v) is 4.65. The Bertz CT molecular complexity index is 1270. The summed E-state index contributed by atoms with van der Waals surface area (Å²) in [4.78, 5) is 26.5. The number of aliphatic hydroxyl groups excluding tert-OH is 1. The molecule has 0 atom stereocenters. The van der Waals surface area contributed by atoms with Gasteiger partial charge in [0.05, 0.1) is 12.1 Å². The summed E-state index contributed by atoms with van der Waals surface area (Å²) in [5, 5.41) is 14.8. The molecule has 0 aliphatic heterocycles. The van der Waals surface area contributed by atoms with E-state index in [2.05, 4.69) is 15.6 Å². The molecule has 1 aromatic heterocycles. The molecule has 4 N–H and O–H groups in total. The van der Waals surface area contributed by atoms with Crippen LogP contribution in [0.2, 0.25) is 0 Å². The number of carbonyl (C=O) groups is 1. The fraction of sp³-hybridized carbons (Fsp3) is 0.0833. The lowest BCUT2D eigenvalue weighted by Crippen LogP contribution is -2.30.